The van der Waals surface area contributed by atoms with Crippen molar-refractivity contribution in [2.45, 2.75) is 107 Å². The van der Waals surface area contributed by atoms with E-state index in [-0.39, 0.29) is 16.7 Å². The van der Waals surface area contributed by atoms with Crippen LogP contribution in [0.2, 0.25) is 0 Å². The molecule has 2 N–H and O–H groups in total. The SMILES string of the molecule is Cc1cc(C(C)(C)C)c(O)c(C(C)(C)C)c1.Cc1cc(C)c(C)c(C(C)c2cc(C)cc(C)c2O)c1. The van der Waals surface area contributed by atoms with Crippen molar-refractivity contribution >= 4 is 0 Å². The van der Waals surface area contributed by atoms with E-state index in [4.69, 9.17) is 0 Å². The Morgan fingerprint density at radius 2 is 0.917 bits per heavy atom. The van der Waals surface area contributed by atoms with E-state index in [1.54, 1.807) is 0 Å². The summed E-state index contributed by atoms with van der Waals surface area (Å²) >= 11 is 0. The van der Waals surface area contributed by atoms with Crippen LogP contribution in [0.15, 0.2) is 36.4 Å². The second-order valence-corrected chi connectivity index (χ2v) is 12.7. The number of aryl methyl sites for hydroxylation is 5. The van der Waals surface area contributed by atoms with Crippen molar-refractivity contribution in [3.05, 3.63) is 92.0 Å². The fraction of sp³-hybridized carbons (Fsp3) is 0.471. The first-order valence-electron chi connectivity index (χ1n) is 13.1. The summed E-state index contributed by atoms with van der Waals surface area (Å²) in [7, 11) is 0. The van der Waals surface area contributed by atoms with Crippen molar-refractivity contribution in [2.75, 3.05) is 0 Å². The van der Waals surface area contributed by atoms with Gasteiger partial charge in [-0.1, -0.05) is 102 Å². The van der Waals surface area contributed by atoms with Gasteiger partial charge in [0.05, 0.1) is 0 Å². The first-order chi connectivity index (χ1) is 16.3. The zero-order chi connectivity index (χ0) is 27.7. The molecule has 3 aromatic rings. The average Bonchev–Trinajstić information content (AvgIpc) is 2.73. The largest absolute Gasteiger partial charge is 0.507 e. The summed E-state index contributed by atoms with van der Waals surface area (Å²) in [6.45, 7) is 27.6. The van der Waals surface area contributed by atoms with Gasteiger partial charge in [-0.15, -0.1) is 0 Å². The smallest absolute Gasteiger partial charge is 0.123 e. The molecule has 0 amide bonds. The van der Waals surface area contributed by atoms with Gasteiger partial charge in [-0.3, -0.25) is 0 Å². The number of aromatic hydroxyl groups is 2. The van der Waals surface area contributed by atoms with E-state index >= 15 is 0 Å². The Labute approximate surface area is 220 Å². The van der Waals surface area contributed by atoms with E-state index in [0.717, 1.165) is 22.3 Å². The van der Waals surface area contributed by atoms with Crippen LogP contribution in [0, 0.1) is 41.5 Å². The van der Waals surface area contributed by atoms with Gasteiger partial charge >= 0.3 is 0 Å². The number of hydrogen-bond acceptors (Lipinski definition) is 2. The first-order valence-corrected chi connectivity index (χ1v) is 13.1. The lowest BCUT2D eigenvalue weighted by atomic mass is 9.78. The van der Waals surface area contributed by atoms with Crippen molar-refractivity contribution < 1.29 is 10.2 Å². The van der Waals surface area contributed by atoms with Gasteiger partial charge in [0.2, 0.25) is 0 Å². The molecule has 0 aliphatic carbocycles. The highest BCUT2D eigenvalue weighted by atomic mass is 16.3. The Hall–Kier alpha value is -2.74. The van der Waals surface area contributed by atoms with Gasteiger partial charge in [-0.25, -0.2) is 0 Å². The van der Waals surface area contributed by atoms with Gasteiger partial charge in [0.25, 0.3) is 0 Å². The molecule has 0 saturated heterocycles. The molecule has 0 bridgehead atoms. The lowest BCUT2D eigenvalue weighted by Gasteiger charge is -2.27. The second kappa shape index (κ2) is 10.7. The minimum atomic E-state index is -0.0178. The van der Waals surface area contributed by atoms with Gasteiger partial charge in [-0.2, -0.15) is 0 Å². The molecule has 0 heterocycles. The molecule has 2 heteroatoms. The van der Waals surface area contributed by atoms with Crippen LogP contribution in [0.4, 0.5) is 0 Å². The molecule has 0 aliphatic heterocycles. The van der Waals surface area contributed by atoms with Crippen LogP contribution in [0.25, 0.3) is 0 Å². The highest BCUT2D eigenvalue weighted by Crippen LogP contribution is 2.40. The van der Waals surface area contributed by atoms with E-state index in [1.807, 2.05) is 13.0 Å². The van der Waals surface area contributed by atoms with Crippen LogP contribution in [0.3, 0.4) is 0 Å². The molecule has 0 spiro atoms. The Morgan fingerprint density at radius 3 is 1.36 bits per heavy atom. The normalized spacial score (nSPS) is 12.7. The summed E-state index contributed by atoms with van der Waals surface area (Å²) in [4.78, 5) is 0. The van der Waals surface area contributed by atoms with Gasteiger partial charge in [0, 0.05) is 11.5 Å². The van der Waals surface area contributed by atoms with E-state index in [0.29, 0.717) is 11.5 Å². The van der Waals surface area contributed by atoms with Crippen molar-refractivity contribution in [3.63, 3.8) is 0 Å². The van der Waals surface area contributed by atoms with E-state index in [9.17, 15) is 10.2 Å². The maximum absolute atomic E-state index is 10.4. The molecule has 0 fully saturated rings. The zero-order valence-electron chi connectivity index (χ0n) is 24.9. The van der Waals surface area contributed by atoms with Crippen molar-refractivity contribution in [1.29, 1.82) is 0 Å². The molecular formula is C34H48O2. The lowest BCUT2D eigenvalue weighted by Crippen LogP contribution is -2.17. The average molecular weight is 489 g/mol. The minimum absolute atomic E-state index is 0.0178. The standard InChI is InChI=1S/C19H24O.C15H24O/c1-11-7-13(3)15(5)17(9-11)16(6)18-10-12(2)8-14(4)19(18)20;1-10-8-11(14(2,3)4)13(16)12(9-10)15(5,6)7/h7-10,16,20H,1-6H3;8-9,16H,1-7H3. The van der Waals surface area contributed by atoms with Crippen LogP contribution in [-0.2, 0) is 10.8 Å². The fourth-order valence-corrected chi connectivity index (χ4v) is 4.94. The van der Waals surface area contributed by atoms with E-state index in [2.05, 4.69) is 113 Å². The van der Waals surface area contributed by atoms with E-state index < -0.39 is 0 Å². The third-order valence-electron chi connectivity index (χ3n) is 7.13. The Bertz CT molecular complexity index is 1140. The molecule has 36 heavy (non-hydrogen) atoms. The summed E-state index contributed by atoms with van der Waals surface area (Å²) in [5.74, 6) is 1.10. The van der Waals surface area contributed by atoms with Crippen LogP contribution >= 0.6 is 0 Å². The van der Waals surface area contributed by atoms with Gasteiger partial charge in [-0.05, 0) is 85.8 Å². The summed E-state index contributed by atoms with van der Waals surface area (Å²) < 4.78 is 0. The Morgan fingerprint density at radius 1 is 0.528 bits per heavy atom. The molecule has 1 unspecified atom stereocenters. The van der Waals surface area contributed by atoms with E-state index in [1.165, 1.54) is 33.4 Å². The summed E-state index contributed by atoms with van der Waals surface area (Å²) in [6.07, 6.45) is 0. The minimum Gasteiger partial charge on any atom is -0.507 e. The third kappa shape index (κ3) is 6.72. The molecule has 1 atom stereocenters. The van der Waals surface area contributed by atoms with Crippen LogP contribution in [0.5, 0.6) is 11.5 Å². The monoisotopic (exact) mass is 488 g/mol. The molecule has 2 nitrogen and oxygen atoms in total. The fourth-order valence-electron chi connectivity index (χ4n) is 4.94. The maximum Gasteiger partial charge on any atom is 0.123 e. The predicted molar refractivity (Wildman–Crippen MR) is 156 cm³/mol. The van der Waals surface area contributed by atoms with Crippen LogP contribution in [0.1, 0.15) is 110 Å². The Kier molecular flexibility index (Phi) is 8.77. The van der Waals surface area contributed by atoms with Gasteiger partial charge < -0.3 is 10.2 Å². The molecule has 196 valence electrons. The molecule has 0 radical (unpaired) electrons. The van der Waals surface area contributed by atoms with Crippen LogP contribution < -0.4 is 0 Å². The molecule has 0 aliphatic rings. The zero-order valence-corrected chi connectivity index (χ0v) is 24.9. The summed E-state index contributed by atoms with van der Waals surface area (Å²) in [5.41, 5.74) is 11.7. The molecule has 3 rings (SSSR count). The number of benzene rings is 3. The van der Waals surface area contributed by atoms with Gasteiger partial charge in [0.15, 0.2) is 0 Å². The second-order valence-electron chi connectivity index (χ2n) is 12.7. The first kappa shape index (κ1) is 29.5. The molecule has 0 aromatic heterocycles. The lowest BCUT2D eigenvalue weighted by molar-refractivity contribution is 0.423. The predicted octanol–water partition coefficient (Wildman–Crippen LogP) is 9.38. The highest BCUT2D eigenvalue weighted by molar-refractivity contribution is 5.51. The quantitative estimate of drug-likeness (QED) is 0.377. The summed E-state index contributed by atoms with van der Waals surface area (Å²) in [6, 6.07) is 12.8. The van der Waals surface area contributed by atoms with Crippen molar-refractivity contribution in [1.82, 2.24) is 0 Å². The number of phenolic OH excluding ortho intramolecular Hbond substituents is 2. The van der Waals surface area contributed by atoms with Crippen molar-refractivity contribution in [2.24, 2.45) is 0 Å². The third-order valence-corrected chi connectivity index (χ3v) is 7.13. The molecular weight excluding hydrogens is 440 g/mol. The number of hydrogen-bond donors (Lipinski definition) is 2. The number of rotatable bonds is 2. The van der Waals surface area contributed by atoms with Crippen LogP contribution in [-0.4, -0.2) is 10.2 Å². The number of phenols is 2. The topological polar surface area (TPSA) is 40.5 Å². The summed E-state index contributed by atoms with van der Waals surface area (Å²) in [5, 5.41) is 20.8. The van der Waals surface area contributed by atoms with Crippen molar-refractivity contribution in [3.8, 4) is 11.5 Å². The molecule has 0 saturated carbocycles. The maximum atomic E-state index is 10.4. The highest BCUT2D eigenvalue weighted by Gasteiger charge is 2.25. The molecule has 3 aromatic carbocycles. The van der Waals surface area contributed by atoms with Gasteiger partial charge in [0.1, 0.15) is 11.5 Å². The Balaban J connectivity index is 0.000000261.